The van der Waals surface area contributed by atoms with Gasteiger partial charge in [0.2, 0.25) is 0 Å². The Labute approximate surface area is 114 Å². The van der Waals surface area contributed by atoms with Crippen LogP contribution in [0.5, 0.6) is 0 Å². The topological polar surface area (TPSA) is 23.6 Å². The molecule has 3 nitrogen and oxygen atoms in total. The summed E-state index contributed by atoms with van der Waals surface area (Å²) in [7, 11) is 3.68. The van der Waals surface area contributed by atoms with Gasteiger partial charge in [-0.1, -0.05) is 52.4 Å². The lowest BCUT2D eigenvalue weighted by Crippen LogP contribution is -2.40. The number of carbonyl (C=O) groups is 1. The fraction of sp³-hybridized carbons (Fsp3) is 0.933. The maximum atomic E-state index is 12.0. The molecule has 0 atom stereocenters. The molecule has 0 aromatic heterocycles. The van der Waals surface area contributed by atoms with E-state index in [9.17, 15) is 4.79 Å². The Morgan fingerprint density at radius 3 is 1.56 bits per heavy atom. The number of carbonyl (C=O) groups excluding carboxylic acids is 1. The summed E-state index contributed by atoms with van der Waals surface area (Å²) < 4.78 is 0. The lowest BCUT2D eigenvalue weighted by atomic mass is 10.2. The molecule has 18 heavy (non-hydrogen) atoms. The summed E-state index contributed by atoms with van der Waals surface area (Å²) in [6.07, 6.45) is 9.81. The van der Waals surface area contributed by atoms with Crippen LogP contribution in [0.1, 0.15) is 65.2 Å². The molecule has 0 fully saturated rings. The third kappa shape index (κ3) is 8.37. The van der Waals surface area contributed by atoms with Crippen LogP contribution >= 0.6 is 0 Å². The van der Waals surface area contributed by atoms with Crippen molar-refractivity contribution in [3.63, 3.8) is 0 Å². The summed E-state index contributed by atoms with van der Waals surface area (Å²) in [4.78, 5) is 15.7. The summed E-state index contributed by atoms with van der Waals surface area (Å²) in [6.45, 7) is 6.27. The monoisotopic (exact) mass is 256 g/mol. The van der Waals surface area contributed by atoms with Crippen LogP contribution in [0.25, 0.3) is 0 Å². The molecule has 0 rings (SSSR count). The van der Waals surface area contributed by atoms with Crippen molar-refractivity contribution in [1.82, 2.24) is 9.80 Å². The molecule has 108 valence electrons. The molecule has 0 spiro atoms. The van der Waals surface area contributed by atoms with Gasteiger partial charge in [-0.15, -0.1) is 0 Å². The van der Waals surface area contributed by atoms with E-state index in [1.807, 2.05) is 19.0 Å². The minimum Gasteiger partial charge on any atom is -0.331 e. The highest BCUT2D eigenvalue weighted by atomic mass is 16.2. The molecule has 0 heterocycles. The summed E-state index contributed by atoms with van der Waals surface area (Å²) in [5.41, 5.74) is 0. The van der Waals surface area contributed by atoms with Gasteiger partial charge in [-0.25, -0.2) is 4.79 Å². The third-order valence-electron chi connectivity index (χ3n) is 3.22. The average Bonchev–Trinajstić information content (AvgIpc) is 2.36. The van der Waals surface area contributed by atoms with E-state index in [2.05, 4.69) is 13.8 Å². The Morgan fingerprint density at radius 1 is 0.778 bits per heavy atom. The zero-order valence-electron chi connectivity index (χ0n) is 12.9. The normalized spacial score (nSPS) is 10.4. The van der Waals surface area contributed by atoms with Gasteiger partial charge in [-0.05, 0) is 12.8 Å². The predicted octanol–water partition coefficient (Wildman–Crippen LogP) is 4.13. The Hall–Kier alpha value is -0.730. The molecule has 0 bridgehead atoms. The number of hydrogen-bond donors (Lipinski definition) is 0. The first kappa shape index (κ1) is 17.3. The van der Waals surface area contributed by atoms with Crippen LogP contribution in [0.4, 0.5) is 4.79 Å². The molecule has 0 unspecified atom stereocenters. The van der Waals surface area contributed by atoms with Gasteiger partial charge in [0.1, 0.15) is 0 Å². The number of nitrogens with zero attached hydrogens (tertiary/aromatic N) is 2. The molecular formula is C15H32N2O. The van der Waals surface area contributed by atoms with Crippen LogP contribution in [0.3, 0.4) is 0 Å². The van der Waals surface area contributed by atoms with Crippen molar-refractivity contribution in [2.45, 2.75) is 65.2 Å². The highest BCUT2D eigenvalue weighted by Gasteiger charge is 2.14. The lowest BCUT2D eigenvalue weighted by Gasteiger charge is -2.26. The highest BCUT2D eigenvalue weighted by molar-refractivity contribution is 5.73. The van der Waals surface area contributed by atoms with Gasteiger partial charge in [-0.2, -0.15) is 0 Å². The van der Waals surface area contributed by atoms with Crippen LogP contribution < -0.4 is 0 Å². The molecule has 0 aromatic rings. The minimum atomic E-state index is 0.169. The Kier molecular flexibility index (Phi) is 10.9. The first-order chi connectivity index (χ1) is 8.63. The SMILES string of the molecule is CCCCCCN(CCCCCC)C(=O)N(C)C. The first-order valence-corrected chi connectivity index (χ1v) is 7.59. The second-order valence-corrected chi connectivity index (χ2v) is 5.29. The Morgan fingerprint density at radius 2 is 1.22 bits per heavy atom. The van der Waals surface area contributed by atoms with E-state index in [1.54, 1.807) is 4.90 Å². The van der Waals surface area contributed by atoms with E-state index in [0.29, 0.717) is 0 Å². The first-order valence-electron chi connectivity index (χ1n) is 7.59. The van der Waals surface area contributed by atoms with E-state index >= 15 is 0 Å². The van der Waals surface area contributed by atoms with Gasteiger partial charge in [0, 0.05) is 27.2 Å². The van der Waals surface area contributed by atoms with Crippen molar-refractivity contribution >= 4 is 6.03 Å². The fourth-order valence-corrected chi connectivity index (χ4v) is 2.04. The van der Waals surface area contributed by atoms with E-state index in [-0.39, 0.29) is 6.03 Å². The van der Waals surface area contributed by atoms with E-state index in [1.165, 1.54) is 38.5 Å². The summed E-state index contributed by atoms with van der Waals surface area (Å²) >= 11 is 0. The number of unbranched alkanes of at least 4 members (excludes halogenated alkanes) is 6. The number of urea groups is 1. The number of amides is 2. The molecule has 0 radical (unpaired) electrons. The average molecular weight is 256 g/mol. The molecule has 0 aromatic carbocycles. The second-order valence-electron chi connectivity index (χ2n) is 5.29. The molecule has 0 aliphatic heterocycles. The third-order valence-corrected chi connectivity index (χ3v) is 3.22. The zero-order valence-corrected chi connectivity index (χ0v) is 12.9. The van der Waals surface area contributed by atoms with Crippen molar-refractivity contribution in [2.75, 3.05) is 27.2 Å². The number of hydrogen-bond acceptors (Lipinski definition) is 1. The summed E-state index contributed by atoms with van der Waals surface area (Å²) in [5, 5.41) is 0. The van der Waals surface area contributed by atoms with Crippen LogP contribution in [-0.4, -0.2) is 43.0 Å². The van der Waals surface area contributed by atoms with Crippen LogP contribution in [-0.2, 0) is 0 Å². The molecule has 3 heteroatoms. The van der Waals surface area contributed by atoms with Crippen molar-refractivity contribution < 1.29 is 4.79 Å². The maximum Gasteiger partial charge on any atom is 0.319 e. The van der Waals surface area contributed by atoms with Gasteiger partial charge in [-0.3, -0.25) is 0 Å². The Balaban J connectivity index is 3.96. The minimum absolute atomic E-state index is 0.169. The zero-order chi connectivity index (χ0) is 13.8. The van der Waals surface area contributed by atoms with Gasteiger partial charge >= 0.3 is 6.03 Å². The molecule has 0 aliphatic rings. The summed E-state index contributed by atoms with van der Waals surface area (Å²) in [6, 6.07) is 0.169. The predicted molar refractivity (Wildman–Crippen MR) is 78.9 cm³/mol. The second kappa shape index (κ2) is 11.4. The molecule has 2 amide bonds. The van der Waals surface area contributed by atoms with E-state index in [0.717, 1.165) is 25.9 Å². The molecule has 0 N–H and O–H groups in total. The standard InChI is InChI=1S/C15H32N2O/c1-5-7-9-11-13-17(15(18)16(3)4)14-12-10-8-6-2/h5-14H2,1-4H3. The van der Waals surface area contributed by atoms with Crippen LogP contribution in [0, 0.1) is 0 Å². The van der Waals surface area contributed by atoms with Crippen molar-refractivity contribution in [2.24, 2.45) is 0 Å². The smallest absolute Gasteiger partial charge is 0.319 e. The maximum absolute atomic E-state index is 12.0. The Bertz CT molecular complexity index is 193. The van der Waals surface area contributed by atoms with Crippen LogP contribution in [0.2, 0.25) is 0 Å². The van der Waals surface area contributed by atoms with Crippen molar-refractivity contribution in [3.8, 4) is 0 Å². The molecule has 0 aliphatic carbocycles. The fourth-order valence-electron chi connectivity index (χ4n) is 2.04. The largest absolute Gasteiger partial charge is 0.331 e. The van der Waals surface area contributed by atoms with Crippen LogP contribution in [0.15, 0.2) is 0 Å². The quantitative estimate of drug-likeness (QED) is 0.539. The molecular weight excluding hydrogens is 224 g/mol. The number of rotatable bonds is 10. The molecule has 0 saturated carbocycles. The van der Waals surface area contributed by atoms with Gasteiger partial charge in [0.05, 0.1) is 0 Å². The van der Waals surface area contributed by atoms with E-state index in [4.69, 9.17) is 0 Å². The highest BCUT2D eigenvalue weighted by Crippen LogP contribution is 2.07. The van der Waals surface area contributed by atoms with E-state index < -0.39 is 0 Å². The van der Waals surface area contributed by atoms with Crippen molar-refractivity contribution in [3.05, 3.63) is 0 Å². The van der Waals surface area contributed by atoms with Crippen molar-refractivity contribution in [1.29, 1.82) is 0 Å². The van der Waals surface area contributed by atoms with Gasteiger partial charge < -0.3 is 9.80 Å². The molecule has 0 saturated heterocycles. The summed E-state index contributed by atoms with van der Waals surface area (Å²) in [5.74, 6) is 0. The van der Waals surface area contributed by atoms with Gasteiger partial charge in [0.25, 0.3) is 0 Å². The van der Waals surface area contributed by atoms with Gasteiger partial charge in [0.15, 0.2) is 0 Å². The lowest BCUT2D eigenvalue weighted by molar-refractivity contribution is 0.168.